The van der Waals surface area contributed by atoms with Gasteiger partial charge in [0.2, 0.25) is 0 Å². The fourth-order valence-electron chi connectivity index (χ4n) is 4.13. The van der Waals surface area contributed by atoms with E-state index in [1.807, 2.05) is 0 Å². The number of rotatable bonds is 12. The number of ether oxygens (including phenoxy) is 4. The molecule has 0 bridgehead atoms. The van der Waals surface area contributed by atoms with Gasteiger partial charge in [-0.25, -0.2) is 26.4 Å². The minimum Gasteiger partial charge on any atom is -0.716 e. The summed E-state index contributed by atoms with van der Waals surface area (Å²) in [4.78, 5) is 25.5. The molecule has 4 rings (SSSR count). The number of fused-ring (bicyclic) bond motifs is 2. The molecule has 0 saturated carbocycles. The molecule has 2 aromatic heterocycles. The molecule has 45 heavy (non-hydrogen) atoms. The SMILES string of the molecule is CCOC(=O)c1c(C)oc2cc(OS(=O)(=O)[O-])c(OCc3oc4cc(OC)c(OS(=O)(=O)[O-])cc4c3C(=O)OCC)cc12.[Na+].[Na+]. The molecule has 0 amide bonds. The number of hydrogen-bond acceptors (Lipinski definition) is 16. The van der Waals surface area contributed by atoms with Crippen LogP contribution in [0.25, 0.3) is 21.9 Å². The second-order valence-corrected chi connectivity index (χ2v) is 10.4. The number of carbonyl (C=O) groups is 2. The third kappa shape index (κ3) is 9.06. The summed E-state index contributed by atoms with van der Waals surface area (Å²) in [6, 6.07) is 4.33. The van der Waals surface area contributed by atoms with E-state index >= 15 is 0 Å². The first-order chi connectivity index (χ1) is 20.2. The van der Waals surface area contributed by atoms with Crippen LogP contribution in [0.4, 0.5) is 0 Å². The molecule has 0 aliphatic heterocycles. The Hall–Kier alpha value is -2.52. The van der Waals surface area contributed by atoms with Gasteiger partial charge < -0.3 is 45.3 Å². The van der Waals surface area contributed by atoms with Crippen LogP contribution in [-0.4, -0.2) is 58.2 Å². The fourth-order valence-corrected chi connectivity index (χ4v) is 4.83. The van der Waals surface area contributed by atoms with Gasteiger partial charge in [0.25, 0.3) is 20.8 Å². The summed E-state index contributed by atoms with van der Waals surface area (Å²) >= 11 is 0. The number of furan rings is 2. The van der Waals surface area contributed by atoms with Crippen LogP contribution in [0.3, 0.4) is 0 Å². The van der Waals surface area contributed by atoms with Crippen molar-refractivity contribution < 1.29 is 131 Å². The molecule has 0 saturated heterocycles. The molecule has 2 heterocycles. The molecule has 0 N–H and O–H groups in total. The van der Waals surface area contributed by atoms with E-state index in [1.165, 1.54) is 19.9 Å². The van der Waals surface area contributed by atoms with Crippen LogP contribution >= 0.6 is 0 Å². The van der Waals surface area contributed by atoms with Crippen molar-refractivity contribution in [3.63, 3.8) is 0 Å². The molecule has 20 heteroatoms. The van der Waals surface area contributed by atoms with E-state index in [0.29, 0.717) is 0 Å². The summed E-state index contributed by atoms with van der Waals surface area (Å²) in [7, 11) is -9.40. The Balaban J connectivity index is 0.00000353. The molecule has 232 valence electrons. The predicted molar refractivity (Wildman–Crippen MR) is 141 cm³/mol. The second kappa shape index (κ2) is 15.4. The van der Waals surface area contributed by atoms with Gasteiger partial charge in [0.15, 0.2) is 28.8 Å². The normalized spacial score (nSPS) is 11.3. The number of carbonyl (C=O) groups excluding carboxylic acids is 2. The number of hydrogen-bond donors (Lipinski definition) is 0. The predicted octanol–water partition coefficient (Wildman–Crippen LogP) is -2.89. The zero-order valence-corrected chi connectivity index (χ0v) is 30.4. The first-order valence-electron chi connectivity index (χ1n) is 12.1. The molecular weight excluding hydrogens is 666 g/mol. The molecule has 0 spiro atoms. The maximum atomic E-state index is 12.9. The molecule has 0 unspecified atom stereocenters. The summed E-state index contributed by atoms with van der Waals surface area (Å²) in [5.41, 5.74) is -0.338. The Bertz CT molecular complexity index is 1940. The quantitative estimate of drug-likeness (QED) is 0.0629. The van der Waals surface area contributed by atoms with Gasteiger partial charge in [-0.15, -0.1) is 0 Å². The van der Waals surface area contributed by atoms with Crippen LogP contribution in [0, 0.1) is 6.92 Å². The fraction of sp³-hybridized carbons (Fsp3) is 0.280. The molecule has 0 fully saturated rings. The van der Waals surface area contributed by atoms with Crippen molar-refractivity contribution in [1.29, 1.82) is 0 Å². The summed E-state index contributed by atoms with van der Waals surface area (Å²) in [6.45, 7) is 3.91. The van der Waals surface area contributed by atoms with E-state index in [-0.39, 0.29) is 128 Å². The summed E-state index contributed by atoms with van der Waals surface area (Å²) in [5.74, 6) is -3.56. The first-order valence-corrected chi connectivity index (χ1v) is 14.8. The van der Waals surface area contributed by atoms with Gasteiger partial charge in [-0.05, 0) is 32.9 Å². The second-order valence-electron chi connectivity index (χ2n) is 8.44. The standard InChI is InChI=1S/C25H24O16S2.2Na/c1-5-35-24(26)22-12(3)38-15-10-20(41-43(31,32)33)18(7-13(15)22)37-11-21-23(25(27)36-6-2)14-8-19(40-42(28,29)30)17(34-4)9-16(14)39-21;;/h7-10H,5-6,11H2,1-4H3,(H,28,29,30)(H,31,32,33);;/q;2*+1/p-2. The number of benzene rings is 2. The van der Waals surface area contributed by atoms with Gasteiger partial charge >= 0.3 is 71.1 Å². The average molecular weight is 689 g/mol. The summed E-state index contributed by atoms with van der Waals surface area (Å²) < 4.78 is 109. The third-order valence-corrected chi connectivity index (χ3v) is 6.45. The molecule has 0 aliphatic rings. The van der Waals surface area contributed by atoms with Crippen molar-refractivity contribution in [3.05, 3.63) is 46.9 Å². The van der Waals surface area contributed by atoms with Gasteiger partial charge in [-0.2, -0.15) is 0 Å². The first kappa shape index (κ1) is 38.7. The molecule has 0 atom stereocenters. The molecule has 16 nitrogen and oxygen atoms in total. The molecule has 0 aliphatic carbocycles. The van der Waals surface area contributed by atoms with Gasteiger partial charge in [0, 0.05) is 22.9 Å². The number of aryl methyl sites for hydroxylation is 1. The smallest absolute Gasteiger partial charge is 0.716 e. The van der Waals surface area contributed by atoms with Crippen LogP contribution in [0.1, 0.15) is 46.1 Å². The topological polar surface area (TPSA) is 230 Å². The van der Waals surface area contributed by atoms with E-state index in [9.17, 15) is 35.5 Å². The minimum absolute atomic E-state index is 0. The number of esters is 2. The summed E-state index contributed by atoms with van der Waals surface area (Å²) in [5, 5.41) is 0.0720. The Labute approximate surface area is 300 Å². The average Bonchev–Trinajstić information content (AvgIpc) is 3.40. The monoisotopic (exact) mass is 688 g/mol. The van der Waals surface area contributed by atoms with Crippen LogP contribution < -0.4 is 77.0 Å². The minimum atomic E-state index is -5.32. The number of methoxy groups -OCH3 is 1. The molecular formula is C25H22Na2O16S2. The molecule has 2 aromatic carbocycles. The zero-order valence-electron chi connectivity index (χ0n) is 24.8. The van der Waals surface area contributed by atoms with Crippen LogP contribution in [0.5, 0.6) is 23.0 Å². The van der Waals surface area contributed by atoms with Gasteiger partial charge in [0.05, 0.1) is 20.3 Å². The van der Waals surface area contributed by atoms with Crippen molar-refractivity contribution in [1.82, 2.24) is 0 Å². The van der Waals surface area contributed by atoms with Crippen LogP contribution in [0.15, 0.2) is 33.1 Å². The van der Waals surface area contributed by atoms with E-state index in [2.05, 4.69) is 8.37 Å². The van der Waals surface area contributed by atoms with Crippen LogP contribution in [0.2, 0.25) is 0 Å². The maximum absolute atomic E-state index is 12.9. The van der Waals surface area contributed by atoms with Gasteiger partial charge in [-0.3, -0.25) is 0 Å². The van der Waals surface area contributed by atoms with Gasteiger partial charge in [0.1, 0.15) is 34.7 Å². The van der Waals surface area contributed by atoms with Crippen molar-refractivity contribution in [2.45, 2.75) is 27.4 Å². The molecule has 4 aromatic rings. The van der Waals surface area contributed by atoms with E-state index in [1.54, 1.807) is 6.92 Å². The zero-order chi connectivity index (χ0) is 31.7. The molecule has 0 radical (unpaired) electrons. The van der Waals surface area contributed by atoms with Crippen molar-refractivity contribution in [3.8, 4) is 23.0 Å². The van der Waals surface area contributed by atoms with Gasteiger partial charge in [-0.1, -0.05) is 0 Å². The Morgan fingerprint density at radius 2 is 1.20 bits per heavy atom. The Morgan fingerprint density at radius 3 is 1.73 bits per heavy atom. The van der Waals surface area contributed by atoms with E-state index < -0.39 is 50.8 Å². The Morgan fingerprint density at radius 1 is 0.733 bits per heavy atom. The Kier molecular flexibility index (Phi) is 13.2. The largest absolute Gasteiger partial charge is 1.00 e. The van der Waals surface area contributed by atoms with Crippen LogP contribution in [-0.2, 0) is 36.9 Å². The third-order valence-electron chi connectivity index (χ3n) is 5.68. The maximum Gasteiger partial charge on any atom is 1.00 e. The van der Waals surface area contributed by atoms with E-state index in [4.69, 9.17) is 27.8 Å². The van der Waals surface area contributed by atoms with Crippen molar-refractivity contribution >= 4 is 54.7 Å². The van der Waals surface area contributed by atoms with Crippen molar-refractivity contribution in [2.24, 2.45) is 0 Å². The summed E-state index contributed by atoms with van der Waals surface area (Å²) in [6.07, 6.45) is 0. The van der Waals surface area contributed by atoms with E-state index in [0.717, 1.165) is 25.3 Å². The van der Waals surface area contributed by atoms with Crippen molar-refractivity contribution in [2.75, 3.05) is 20.3 Å².